The highest BCUT2D eigenvalue weighted by molar-refractivity contribution is 7.89. The van der Waals surface area contributed by atoms with Gasteiger partial charge in [-0.15, -0.1) is 0 Å². The lowest BCUT2D eigenvalue weighted by Crippen LogP contribution is -2.45. The molecule has 0 amide bonds. The summed E-state index contributed by atoms with van der Waals surface area (Å²) in [6, 6.07) is 5.84. The van der Waals surface area contributed by atoms with E-state index in [0.717, 1.165) is 31.5 Å². The maximum absolute atomic E-state index is 15.2. The molecule has 2 aromatic heterocycles. The highest BCUT2D eigenvalue weighted by Gasteiger charge is 2.32. The number of rotatable bonds is 6. The van der Waals surface area contributed by atoms with Crippen molar-refractivity contribution in [3.8, 4) is 17.5 Å². The minimum absolute atomic E-state index is 0.0782. The number of aromatic nitrogens is 2. The van der Waals surface area contributed by atoms with Gasteiger partial charge in [0.05, 0.1) is 28.0 Å². The molecule has 0 spiro atoms. The molecule has 33 heavy (non-hydrogen) atoms. The summed E-state index contributed by atoms with van der Waals surface area (Å²) < 4.78 is 71.8. The maximum Gasteiger partial charge on any atom is 0.242 e. The van der Waals surface area contributed by atoms with Crippen LogP contribution in [0.4, 0.5) is 13.2 Å². The van der Waals surface area contributed by atoms with Crippen molar-refractivity contribution in [3.63, 3.8) is 0 Å². The average molecular weight is 477 g/mol. The number of benzene rings is 1. The highest BCUT2D eigenvalue weighted by Crippen LogP contribution is 2.43. The maximum atomic E-state index is 15.2. The van der Waals surface area contributed by atoms with Gasteiger partial charge in [0.2, 0.25) is 10.0 Å². The van der Waals surface area contributed by atoms with Gasteiger partial charge in [0.25, 0.3) is 0 Å². The first-order valence-electron chi connectivity index (χ1n) is 10.5. The van der Waals surface area contributed by atoms with Gasteiger partial charge in [0.1, 0.15) is 23.5 Å². The number of sulfonamides is 1. The Morgan fingerprint density at radius 2 is 2.00 bits per heavy atom. The molecule has 3 aromatic rings. The molecule has 1 saturated carbocycles. The molecule has 0 saturated heterocycles. The van der Waals surface area contributed by atoms with E-state index in [2.05, 4.69) is 15.8 Å². The van der Waals surface area contributed by atoms with Crippen molar-refractivity contribution in [1.82, 2.24) is 14.3 Å². The van der Waals surface area contributed by atoms with Crippen LogP contribution in [0.15, 0.2) is 29.3 Å². The van der Waals surface area contributed by atoms with Crippen molar-refractivity contribution in [2.75, 3.05) is 6.67 Å². The number of fused-ring (bicyclic) bond motifs is 1. The second-order valence-electron chi connectivity index (χ2n) is 8.99. The van der Waals surface area contributed by atoms with Crippen molar-refractivity contribution in [2.45, 2.75) is 56.5 Å². The lowest BCUT2D eigenvalue weighted by atomic mass is 9.92. The molecule has 6 nitrogen and oxygen atoms in total. The molecule has 1 aliphatic rings. The lowest BCUT2D eigenvalue weighted by Gasteiger charge is -2.30. The van der Waals surface area contributed by atoms with Gasteiger partial charge in [-0.1, -0.05) is 0 Å². The molecule has 2 heterocycles. The molecule has 0 bridgehead atoms. The van der Waals surface area contributed by atoms with Crippen LogP contribution in [-0.2, 0) is 10.0 Å². The first-order valence-corrected chi connectivity index (χ1v) is 12.0. The first kappa shape index (κ1) is 23.3. The summed E-state index contributed by atoms with van der Waals surface area (Å²) in [6.07, 6.45) is 3.59. The Labute approximate surface area is 190 Å². The standard InChI is InChI=1S/C23H23F3N4O2S/c1-13-18(25)9-16-17(10-27)21(30(14-5-4-6-14)22(16)20(13)26)19-8-7-15(11-28-19)33(31,32)29-23(2,3)12-24/h7-9,11,14,29H,4-6,12H2,1-3H3. The van der Waals surface area contributed by atoms with Crippen LogP contribution in [0.3, 0.4) is 0 Å². The molecule has 4 rings (SSSR count). The van der Waals surface area contributed by atoms with Crippen LogP contribution in [0.5, 0.6) is 0 Å². The molecular formula is C23H23F3N4O2S. The molecule has 0 aliphatic heterocycles. The third kappa shape index (κ3) is 3.89. The van der Waals surface area contributed by atoms with E-state index in [4.69, 9.17) is 0 Å². The first-order chi connectivity index (χ1) is 15.5. The minimum Gasteiger partial charge on any atom is -0.333 e. The molecule has 1 aromatic carbocycles. The monoisotopic (exact) mass is 476 g/mol. The molecule has 10 heteroatoms. The second kappa shape index (κ2) is 8.15. The molecule has 1 N–H and O–H groups in total. The van der Waals surface area contributed by atoms with E-state index in [1.54, 1.807) is 4.57 Å². The van der Waals surface area contributed by atoms with E-state index in [0.29, 0.717) is 5.69 Å². The normalized spacial score (nSPS) is 14.9. The third-order valence-corrected chi connectivity index (χ3v) is 7.68. The van der Waals surface area contributed by atoms with Gasteiger partial charge < -0.3 is 4.57 Å². The number of hydrogen-bond acceptors (Lipinski definition) is 4. The van der Waals surface area contributed by atoms with Crippen molar-refractivity contribution in [2.24, 2.45) is 0 Å². The number of pyridine rings is 1. The van der Waals surface area contributed by atoms with E-state index in [1.165, 1.54) is 32.9 Å². The molecule has 1 aliphatic carbocycles. The van der Waals surface area contributed by atoms with Gasteiger partial charge in [-0.05, 0) is 58.2 Å². The minimum atomic E-state index is -4.04. The van der Waals surface area contributed by atoms with Crippen molar-refractivity contribution < 1.29 is 21.6 Å². The summed E-state index contributed by atoms with van der Waals surface area (Å²) in [4.78, 5) is 4.07. The van der Waals surface area contributed by atoms with E-state index >= 15 is 4.39 Å². The molecule has 0 radical (unpaired) electrons. The molecule has 1 fully saturated rings. The predicted octanol–water partition coefficient (Wildman–Crippen LogP) is 4.91. The van der Waals surface area contributed by atoms with E-state index < -0.39 is 33.9 Å². The fraction of sp³-hybridized carbons (Fsp3) is 0.391. The Hall–Kier alpha value is -2.90. The summed E-state index contributed by atoms with van der Waals surface area (Å²) >= 11 is 0. The summed E-state index contributed by atoms with van der Waals surface area (Å²) in [7, 11) is -4.04. The smallest absolute Gasteiger partial charge is 0.242 e. The van der Waals surface area contributed by atoms with Crippen LogP contribution in [0.2, 0.25) is 0 Å². The van der Waals surface area contributed by atoms with Gasteiger partial charge >= 0.3 is 0 Å². The third-order valence-electron chi connectivity index (χ3n) is 6.00. The van der Waals surface area contributed by atoms with Gasteiger partial charge in [-0.25, -0.2) is 26.3 Å². The quantitative estimate of drug-likeness (QED) is 0.547. The molecule has 174 valence electrons. The van der Waals surface area contributed by atoms with Crippen molar-refractivity contribution in [1.29, 1.82) is 5.26 Å². The van der Waals surface area contributed by atoms with Gasteiger partial charge in [0, 0.05) is 23.2 Å². The van der Waals surface area contributed by atoms with E-state index in [9.17, 15) is 22.5 Å². The van der Waals surface area contributed by atoms with Crippen LogP contribution < -0.4 is 4.72 Å². The fourth-order valence-corrected chi connectivity index (χ4v) is 5.33. The Morgan fingerprint density at radius 3 is 2.52 bits per heavy atom. The topological polar surface area (TPSA) is 87.8 Å². The molecular weight excluding hydrogens is 453 g/mol. The summed E-state index contributed by atoms with van der Waals surface area (Å²) in [6.45, 7) is 3.28. The summed E-state index contributed by atoms with van der Waals surface area (Å²) in [5, 5.41) is 10.0. The Kier molecular flexibility index (Phi) is 5.75. The zero-order valence-corrected chi connectivity index (χ0v) is 19.2. The van der Waals surface area contributed by atoms with Crippen LogP contribution in [-0.4, -0.2) is 30.2 Å². The van der Waals surface area contributed by atoms with Gasteiger partial charge in [-0.2, -0.15) is 5.26 Å². The molecule has 0 atom stereocenters. The molecule has 0 unspecified atom stereocenters. The Balaban J connectivity index is 1.90. The zero-order chi connectivity index (χ0) is 24.1. The summed E-state index contributed by atoms with van der Waals surface area (Å²) in [5.74, 6) is -1.47. The number of nitrogens with one attached hydrogen (secondary N) is 1. The Bertz CT molecular complexity index is 1390. The predicted molar refractivity (Wildman–Crippen MR) is 118 cm³/mol. The van der Waals surface area contributed by atoms with Crippen LogP contribution in [0, 0.1) is 29.9 Å². The van der Waals surface area contributed by atoms with Gasteiger partial charge in [-0.3, -0.25) is 4.98 Å². The van der Waals surface area contributed by atoms with Crippen LogP contribution in [0.1, 0.15) is 50.3 Å². The zero-order valence-electron chi connectivity index (χ0n) is 18.4. The van der Waals surface area contributed by atoms with Crippen molar-refractivity contribution in [3.05, 3.63) is 47.2 Å². The van der Waals surface area contributed by atoms with Crippen LogP contribution >= 0.6 is 0 Å². The SMILES string of the molecule is Cc1c(F)cc2c(C#N)c(-c3ccc(S(=O)(=O)NC(C)(C)CF)cn3)n(C3CCC3)c2c1F. The summed E-state index contributed by atoms with van der Waals surface area (Å²) in [5.41, 5.74) is -0.614. The Morgan fingerprint density at radius 1 is 1.30 bits per heavy atom. The fourth-order valence-electron chi connectivity index (χ4n) is 3.99. The number of hydrogen-bond donors (Lipinski definition) is 1. The number of nitriles is 1. The lowest BCUT2D eigenvalue weighted by molar-refractivity contribution is 0.322. The number of halogens is 3. The largest absolute Gasteiger partial charge is 0.333 e. The van der Waals surface area contributed by atoms with Gasteiger partial charge in [0.15, 0.2) is 5.82 Å². The number of alkyl halides is 1. The van der Waals surface area contributed by atoms with Crippen LogP contribution in [0.25, 0.3) is 22.3 Å². The number of nitrogens with zero attached hydrogens (tertiary/aromatic N) is 3. The van der Waals surface area contributed by atoms with E-state index in [-0.39, 0.29) is 38.7 Å². The average Bonchev–Trinajstić information content (AvgIpc) is 3.03. The van der Waals surface area contributed by atoms with E-state index in [1.807, 2.05) is 0 Å². The second-order valence-corrected chi connectivity index (χ2v) is 10.7. The highest BCUT2D eigenvalue weighted by atomic mass is 32.2. The van der Waals surface area contributed by atoms with Crippen molar-refractivity contribution >= 4 is 20.9 Å².